The molecule has 1 amide bonds. The summed E-state index contributed by atoms with van der Waals surface area (Å²) in [6.07, 6.45) is 6.70. The third-order valence-electron chi connectivity index (χ3n) is 12.3. The zero-order valence-corrected chi connectivity index (χ0v) is 33.2. The van der Waals surface area contributed by atoms with Crippen molar-refractivity contribution in [3.8, 4) is 28.3 Å². The van der Waals surface area contributed by atoms with Gasteiger partial charge in [0.05, 0.1) is 38.6 Å². The van der Waals surface area contributed by atoms with E-state index >= 15 is 0 Å². The molecule has 9 rings (SSSR count). The second-order valence-corrected chi connectivity index (χ2v) is 17.2. The maximum atomic E-state index is 13.6. The SMILES string of the molecule is Cc1cc(-c2cccc(-c3cccc(Nc4nccc5sc(CN6C7CCCC78C(C(=O)O)CC68)nc45)c3Cl)c2Cl)nc(OC(F)F)c1CNC[C@@H]1CCC(=O)N1. The summed E-state index contributed by atoms with van der Waals surface area (Å²) in [5, 5.41) is 21.0. The molecule has 5 atom stereocenters. The van der Waals surface area contributed by atoms with Gasteiger partial charge in [-0.25, -0.2) is 15.0 Å². The van der Waals surface area contributed by atoms with E-state index < -0.39 is 12.6 Å². The van der Waals surface area contributed by atoms with Gasteiger partial charge in [-0.05, 0) is 56.4 Å². The smallest absolute Gasteiger partial charge is 0.388 e. The van der Waals surface area contributed by atoms with E-state index in [0.29, 0.717) is 99.5 Å². The highest BCUT2D eigenvalue weighted by Gasteiger charge is 2.73. The van der Waals surface area contributed by atoms with Gasteiger partial charge in [0.1, 0.15) is 10.5 Å². The Balaban J connectivity index is 0.956. The Morgan fingerprint density at radius 1 is 1.11 bits per heavy atom. The van der Waals surface area contributed by atoms with Gasteiger partial charge in [-0.3, -0.25) is 14.5 Å². The van der Waals surface area contributed by atoms with Crippen LogP contribution in [0.15, 0.2) is 54.7 Å². The van der Waals surface area contributed by atoms with Crippen LogP contribution in [-0.4, -0.2) is 68.1 Å². The largest absolute Gasteiger partial charge is 0.481 e. The van der Waals surface area contributed by atoms with Gasteiger partial charge in [-0.15, -0.1) is 11.3 Å². The van der Waals surface area contributed by atoms with Crippen LogP contribution in [0.25, 0.3) is 32.6 Å². The summed E-state index contributed by atoms with van der Waals surface area (Å²) in [7, 11) is 0. The summed E-state index contributed by atoms with van der Waals surface area (Å²) in [5.74, 6) is -0.549. The highest BCUT2D eigenvalue weighted by atomic mass is 35.5. The number of hydrogen-bond donors (Lipinski definition) is 4. The Labute approximate surface area is 341 Å². The summed E-state index contributed by atoms with van der Waals surface area (Å²) in [6, 6.07) is 15.3. The Bertz CT molecular complexity index is 2420. The summed E-state index contributed by atoms with van der Waals surface area (Å²) >= 11 is 15.8. The number of pyridine rings is 2. The van der Waals surface area contributed by atoms with Gasteiger partial charge in [0.25, 0.3) is 0 Å². The summed E-state index contributed by atoms with van der Waals surface area (Å²) in [5.41, 5.74) is 4.54. The number of nitrogens with zero attached hydrogens (tertiary/aromatic N) is 4. The number of rotatable bonds is 13. The summed E-state index contributed by atoms with van der Waals surface area (Å²) in [4.78, 5) is 40.1. The van der Waals surface area contributed by atoms with Gasteiger partial charge in [0.15, 0.2) is 5.82 Å². The number of nitrogens with one attached hydrogen (secondary N) is 3. The summed E-state index contributed by atoms with van der Waals surface area (Å²) in [6.45, 7) is 0.0969. The van der Waals surface area contributed by atoms with Gasteiger partial charge < -0.3 is 25.8 Å². The molecule has 2 saturated heterocycles. The van der Waals surface area contributed by atoms with Crippen LogP contribution in [0, 0.1) is 18.3 Å². The van der Waals surface area contributed by atoms with E-state index in [0.717, 1.165) is 34.5 Å². The highest BCUT2D eigenvalue weighted by Crippen LogP contribution is 2.68. The van der Waals surface area contributed by atoms with E-state index in [9.17, 15) is 23.5 Å². The number of hydrogen-bond acceptors (Lipinski definition) is 10. The number of aliphatic carboxylic acids is 1. The van der Waals surface area contributed by atoms with Crippen molar-refractivity contribution in [2.24, 2.45) is 11.3 Å². The number of alkyl halides is 2. The molecule has 5 heterocycles. The molecule has 2 saturated carbocycles. The number of likely N-dealkylation sites (tertiary alicyclic amines) is 1. The molecule has 296 valence electrons. The summed E-state index contributed by atoms with van der Waals surface area (Å²) < 4.78 is 33.2. The molecular formula is C41H39Cl2F2N7O4S. The van der Waals surface area contributed by atoms with Gasteiger partial charge in [-0.1, -0.05) is 60.0 Å². The van der Waals surface area contributed by atoms with Crippen molar-refractivity contribution >= 4 is 68.1 Å². The molecule has 2 aliphatic carbocycles. The third kappa shape index (κ3) is 6.68. The molecule has 2 aliphatic heterocycles. The highest BCUT2D eigenvalue weighted by molar-refractivity contribution is 7.18. The van der Waals surface area contributed by atoms with Gasteiger partial charge >= 0.3 is 12.6 Å². The number of carbonyl (C=O) groups excluding carboxylic acids is 1. The lowest BCUT2D eigenvalue weighted by molar-refractivity contribution is -0.239. The fraction of sp³-hybridized carbons (Fsp3) is 0.390. The minimum atomic E-state index is -3.09. The number of carbonyl (C=O) groups is 2. The topological polar surface area (TPSA) is 142 Å². The number of piperidine rings is 1. The Morgan fingerprint density at radius 2 is 1.89 bits per heavy atom. The minimum Gasteiger partial charge on any atom is -0.481 e. The van der Waals surface area contributed by atoms with E-state index in [1.54, 1.807) is 42.7 Å². The number of fused-ring (bicyclic) bond motifs is 1. The molecule has 4 fully saturated rings. The van der Waals surface area contributed by atoms with Gasteiger partial charge in [-0.2, -0.15) is 8.78 Å². The van der Waals surface area contributed by atoms with E-state index in [1.165, 1.54) is 0 Å². The van der Waals surface area contributed by atoms with Crippen molar-refractivity contribution < 1.29 is 28.2 Å². The van der Waals surface area contributed by atoms with Crippen molar-refractivity contribution in [3.63, 3.8) is 0 Å². The van der Waals surface area contributed by atoms with Crippen molar-refractivity contribution in [1.82, 2.24) is 30.5 Å². The van der Waals surface area contributed by atoms with Crippen LogP contribution in [0.1, 0.15) is 54.7 Å². The molecule has 2 aromatic carbocycles. The molecule has 3 aromatic heterocycles. The van der Waals surface area contributed by atoms with Crippen LogP contribution in [0.4, 0.5) is 20.3 Å². The number of benzene rings is 2. The van der Waals surface area contributed by atoms with Gasteiger partial charge in [0.2, 0.25) is 11.8 Å². The first-order valence-corrected chi connectivity index (χ1v) is 20.6. The van der Waals surface area contributed by atoms with E-state index in [1.807, 2.05) is 30.3 Å². The fourth-order valence-electron chi connectivity index (χ4n) is 9.70. The molecule has 57 heavy (non-hydrogen) atoms. The molecule has 4 aliphatic rings. The lowest BCUT2D eigenvalue weighted by Crippen LogP contribution is -2.79. The van der Waals surface area contributed by atoms with Crippen LogP contribution in [0.3, 0.4) is 0 Å². The second-order valence-electron chi connectivity index (χ2n) is 15.3. The second kappa shape index (κ2) is 15.0. The number of thiazole rings is 1. The molecule has 4 unspecified atom stereocenters. The number of aromatic nitrogens is 3. The lowest BCUT2D eigenvalue weighted by Gasteiger charge is -2.71. The van der Waals surface area contributed by atoms with Crippen molar-refractivity contribution in [2.45, 2.75) is 83.3 Å². The number of halogens is 4. The number of aryl methyl sites for hydroxylation is 1. The number of carboxylic acid groups (broad SMARTS) is 1. The number of amides is 1. The van der Waals surface area contributed by atoms with Crippen LogP contribution in [0.2, 0.25) is 10.0 Å². The van der Waals surface area contributed by atoms with Crippen LogP contribution in [-0.2, 0) is 22.7 Å². The van der Waals surface area contributed by atoms with Crippen molar-refractivity contribution in [2.75, 3.05) is 11.9 Å². The Kier molecular flexibility index (Phi) is 10.0. The molecule has 0 radical (unpaired) electrons. The van der Waals surface area contributed by atoms with E-state index in [2.05, 4.69) is 30.8 Å². The van der Waals surface area contributed by atoms with Crippen LogP contribution >= 0.6 is 34.5 Å². The molecule has 0 bridgehead atoms. The number of carboxylic acids is 1. The van der Waals surface area contributed by atoms with E-state index in [4.69, 9.17) is 32.9 Å². The fourth-order valence-corrected chi connectivity index (χ4v) is 11.3. The Morgan fingerprint density at radius 3 is 2.67 bits per heavy atom. The third-order valence-corrected chi connectivity index (χ3v) is 14.1. The lowest BCUT2D eigenvalue weighted by atomic mass is 9.47. The molecule has 16 heteroatoms. The molecule has 1 spiro atoms. The monoisotopic (exact) mass is 833 g/mol. The molecule has 5 aromatic rings. The first-order valence-electron chi connectivity index (χ1n) is 19.0. The number of anilines is 2. The Hall–Kier alpha value is -4.47. The normalized spacial score (nSPS) is 23.9. The minimum absolute atomic E-state index is 0.000173. The predicted octanol–water partition coefficient (Wildman–Crippen LogP) is 8.58. The first kappa shape index (κ1) is 38.1. The van der Waals surface area contributed by atoms with Crippen LogP contribution < -0.4 is 20.7 Å². The quantitative estimate of drug-likeness (QED) is 0.0912. The van der Waals surface area contributed by atoms with Crippen molar-refractivity contribution in [1.29, 1.82) is 0 Å². The van der Waals surface area contributed by atoms with Crippen LogP contribution in [0.5, 0.6) is 5.88 Å². The van der Waals surface area contributed by atoms with Crippen molar-refractivity contribution in [3.05, 3.63) is 80.9 Å². The first-order chi connectivity index (χ1) is 27.5. The molecular weight excluding hydrogens is 795 g/mol. The molecule has 4 N–H and O–H groups in total. The maximum Gasteiger partial charge on any atom is 0.388 e. The maximum absolute atomic E-state index is 13.6. The zero-order valence-electron chi connectivity index (χ0n) is 30.8. The number of ether oxygens (including phenoxy) is 1. The standard InChI is InChI=1S/C41H39Cl2F2N7O4S/c1-20-15-28(50-38(56-40(44)45)25(20)18-46-17-21-10-11-32(53)48-21)24-7-2-5-22(34(24)42)23-6-3-8-27(35(23)43)49-37-36-29(12-14-47-37)57-33(51-36)19-52-30-9-4-13-41(30)26(39(54)55)16-31(41)52/h2-3,5-8,12,14-15,21,26,30-31,40,46H,4,9-11,13,16-19H2,1H3,(H,47,49)(H,48,53)(H,54,55)/t21-,26?,30?,31?,41?/m0/s1. The average molecular weight is 835 g/mol. The predicted molar refractivity (Wildman–Crippen MR) is 215 cm³/mol. The zero-order chi connectivity index (χ0) is 39.6. The van der Waals surface area contributed by atoms with Gasteiger partial charge in [0, 0.05) is 71.5 Å². The average Bonchev–Trinajstić information content (AvgIpc) is 3.91. The molecule has 11 nitrogen and oxygen atoms in total. The van der Waals surface area contributed by atoms with E-state index in [-0.39, 0.29) is 35.7 Å².